The number of carbonyl (C=O) groups is 1. The third-order valence-electron chi connectivity index (χ3n) is 4.08. The molecule has 2 aromatic rings. The molecule has 2 heterocycles. The van der Waals surface area contributed by atoms with E-state index >= 15 is 0 Å². The van der Waals surface area contributed by atoms with E-state index in [9.17, 15) is 4.79 Å². The van der Waals surface area contributed by atoms with Crippen LogP contribution in [0.5, 0.6) is 0 Å². The largest absolute Gasteiger partial charge is 0.378 e. The number of para-hydroxylation sites is 1. The number of ether oxygens (including phenoxy) is 1. The van der Waals surface area contributed by atoms with Crippen LogP contribution >= 0.6 is 11.3 Å². The van der Waals surface area contributed by atoms with Crippen molar-refractivity contribution in [1.82, 2.24) is 14.8 Å². The van der Waals surface area contributed by atoms with Crippen molar-refractivity contribution in [2.75, 3.05) is 39.9 Å². The lowest BCUT2D eigenvalue weighted by Gasteiger charge is -2.30. The lowest BCUT2D eigenvalue weighted by Crippen LogP contribution is -2.45. The minimum Gasteiger partial charge on any atom is -0.378 e. The Bertz CT molecular complexity index is 619. The summed E-state index contributed by atoms with van der Waals surface area (Å²) in [5, 5.41) is 1.05. The molecule has 0 bridgehead atoms. The number of amides is 1. The summed E-state index contributed by atoms with van der Waals surface area (Å²) in [4.78, 5) is 21.0. The highest BCUT2D eigenvalue weighted by atomic mass is 32.1. The first-order valence-electron chi connectivity index (χ1n) is 7.56. The number of hydrogen-bond acceptors (Lipinski definition) is 5. The molecule has 6 heteroatoms. The highest BCUT2D eigenvalue weighted by molar-refractivity contribution is 7.18. The second-order valence-electron chi connectivity index (χ2n) is 5.60. The molecule has 3 rings (SSSR count). The van der Waals surface area contributed by atoms with E-state index in [4.69, 9.17) is 4.74 Å². The predicted octanol–water partition coefficient (Wildman–Crippen LogP) is 2.15. The third kappa shape index (κ3) is 3.29. The van der Waals surface area contributed by atoms with Gasteiger partial charge in [-0.05, 0) is 26.1 Å². The first-order chi connectivity index (χ1) is 10.6. The van der Waals surface area contributed by atoms with Gasteiger partial charge < -0.3 is 9.64 Å². The topological polar surface area (TPSA) is 45.7 Å². The van der Waals surface area contributed by atoms with Crippen molar-refractivity contribution in [2.45, 2.75) is 13.0 Å². The van der Waals surface area contributed by atoms with Crippen LogP contribution in [0.15, 0.2) is 24.3 Å². The van der Waals surface area contributed by atoms with Gasteiger partial charge in [0.1, 0.15) is 5.01 Å². The number of aromatic nitrogens is 1. The van der Waals surface area contributed by atoms with Gasteiger partial charge in [0, 0.05) is 13.1 Å². The first-order valence-corrected chi connectivity index (χ1v) is 8.38. The van der Waals surface area contributed by atoms with E-state index in [-0.39, 0.29) is 11.9 Å². The average Bonchev–Trinajstić information content (AvgIpc) is 2.98. The van der Waals surface area contributed by atoms with E-state index in [2.05, 4.69) is 22.9 Å². The van der Waals surface area contributed by atoms with Crippen LogP contribution in [-0.2, 0) is 9.53 Å². The van der Waals surface area contributed by atoms with Crippen molar-refractivity contribution in [1.29, 1.82) is 0 Å². The number of thiazole rings is 1. The van der Waals surface area contributed by atoms with Gasteiger partial charge in [-0.1, -0.05) is 12.1 Å². The second-order valence-corrected chi connectivity index (χ2v) is 6.67. The van der Waals surface area contributed by atoms with Gasteiger partial charge in [-0.2, -0.15) is 0 Å². The smallest absolute Gasteiger partial charge is 0.236 e. The molecular weight excluding hydrogens is 298 g/mol. The Balaban J connectivity index is 1.65. The molecule has 5 nitrogen and oxygen atoms in total. The summed E-state index contributed by atoms with van der Waals surface area (Å²) in [5.41, 5.74) is 1.03. The first kappa shape index (κ1) is 15.4. The van der Waals surface area contributed by atoms with Crippen LogP contribution in [-0.4, -0.2) is 60.6 Å². The average molecular weight is 319 g/mol. The molecule has 1 atom stereocenters. The van der Waals surface area contributed by atoms with Crippen molar-refractivity contribution in [3.63, 3.8) is 0 Å². The Labute approximate surface area is 134 Å². The summed E-state index contributed by atoms with van der Waals surface area (Å²) in [7, 11) is 1.98. The lowest BCUT2D eigenvalue weighted by molar-refractivity contribution is -0.136. The summed E-state index contributed by atoms with van der Waals surface area (Å²) in [5.74, 6) is 0.166. The summed E-state index contributed by atoms with van der Waals surface area (Å²) in [6.45, 7) is 5.19. The van der Waals surface area contributed by atoms with Crippen LogP contribution in [0.4, 0.5) is 0 Å². The zero-order valence-electron chi connectivity index (χ0n) is 13.0. The Morgan fingerprint density at radius 3 is 2.86 bits per heavy atom. The quantitative estimate of drug-likeness (QED) is 0.866. The third-order valence-corrected chi connectivity index (χ3v) is 5.28. The number of carbonyl (C=O) groups excluding carboxylic acids is 1. The lowest BCUT2D eigenvalue weighted by atomic mass is 10.3. The number of benzene rings is 1. The summed E-state index contributed by atoms with van der Waals surface area (Å²) in [6.07, 6.45) is 0. The van der Waals surface area contributed by atoms with Crippen molar-refractivity contribution >= 4 is 27.5 Å². The summed E-state index contributed by atoms with van der Waals surface area (Å²) >= 11 is 1.70. The number of likely N-dealkylation sites (N-methyl/N-ethyl adjacent to an activating group) is 1. The van der Waals surface area contributed by atoms with Gasteiger partial charge in [-0.3, -0.25) is 9.69 Å². The molecular formula is C16H21N3O2S. The number of rotatable bonds is 4. The molecule has 1 aliphatic rings. The van der Waals surface area contributed by atoms with Crippen LogP contribution in [0.25, 0.3) is 10.2 Å². The highest BCUT2D eigenvalue weighted by Gasteiger charge is 2.22. The van der Waals surface area contributed by atoms with Crippen LogP contribution in [0, 0.1) is 0 Å². The van der Waals surface area contributed by atoms with E-state index in [1.807, 2.05) is 30.1 Å². The molecule has 1 aliphatic heterocycles. The Morgan fingerprint density at radius 1 is 1.41 bits per heavy atom. The van der Waals surface area contributed by atoms with E-state index < -0.39 is 0 Å². The molecule has 1 aromatic heterocycles. The molecule has 1 saturated heterocycles. The maximum atomic E-state index is 12.3. The van der Waals surface area contributed by atoms with E-state index in [1.165, 1.54) is 4.70 Å². The van der Waals surface area contributed by atoms with Crippen LogP contribution in [0.2, 0.25) is 0 Å². The van der Waals surface area contributed by atoms with Crippen LogP contribution in [0.3, 0.4) is 0 Å². The molecule has 0 radical (unpaired) electrons. The summed E-state index contributed by atoms with van der Waals surface area (Å²) in [6, 6.07) is 8.27. The minimum absolute atomic E-state index is 0.127. The number of fused-ring (bicyclic) bond motifs is 1. The number of hydrogen-bond donors (Lipinski definition) is 0. The molecule has 1 aromatic carbocycles. The molecule has 0 unspecified atom stereocenters. The van der Waals surface area contributed by atoms with E-state index in [0.29, 0.717) is 32.8 Å². The normalized spacial score (nSPS) is 17.1. The van der Waals surface area contributed by atoms with Crippen LogP contribution in [0.1, 0.15) is 18.0 Å². The Kier molecular flexibility index (Phi) is 4.71. The standard InChI is InChI=1S/C16H21N3O2S/c1-12(16-17-13-5-3-4-6-14(13)22-16)18(2)11-15(20)19-7-9-21-10-8-19/h3-6,12H,7-11H2,1-2H3/t12-/m1/s1. The fourth-order valence-corrected chi connectivity index (χ4v) is 3.60. The van der Waals surface area contributed by atoms with Crippen LogP contribution < -0.4 is 0 Å². The van der Waals surface area contributed by atoms with E-state index in [1.54, 1.807) is 11.3 Å². The molecule has 0 N–H and O–H groups in total. The van der Waals surface area contributed by atoms with Crippen molar-refractivity contribution in [3.05, 3.63) is 29.3 Å². The van der Waals surface area contributed by atoms with Gasteiger partial charge in [-0.15, -0.1) is 11.3 Å². The second kappa shape index (κ2) is 6.73. The fraction of sp³-hybridized carbons (Fsp3) is 0.500. The molecule has 0 aliphatic carbocycles. The van der Waals surface area contributed by atoms with Gasteiger partial charge in [0.25, 0.3) is 0 Å². The Morgan fingerprint density at radius 2 is 2.14 bits per heavy atom. The van der Waals surface area contributed by atoms with Gasteiger partial charge in [0.2, 0.25) is 5.91 Å². The zero-order valence-corrected chi connectivity index (χ0v) is 13.8. The van der Waals surface area contributed by atoms with Crippen molar-refractivity contribution < 1.29 is 9.53 Å². The molecule has 1 amide bonds. The van der Waals surface area contributed by atoms with E-state index in [0.717, 1.165) is 10.5 Å². The maximum Gasteiger partial charge on any atom is 0.236 e. The van der Waals surface area contributed by atoms with Gasteiger partial charge in [0.15, 0.2) is 0 Å². The molecule has 0 spiro atoms. The monoisotopic (exact) mass is 319 g/mol. The SMILES string of the molecule is C[C@H](c1nc2ccccc2s1)N(C)CC(=O)N1CCOCC1. The fourth-order valence-electron chi connectivity index (χ4n) is 2.52. The zero-order chi connectivity index (χ0) is 15.5. The molecule has 118 valence electrons. The number of nitrogens with zero attached hydrogens (tertiary/aromatic N) is 3. The summed E-state index contributed by atoms with van der Waals surface area (Å²) < 4.78 is 6.48. The Hall–Kier alpha value is -1.50. The van der Waals surface area contributed by atoms with Gasteiger partial charge in [0.05, 0.1) is 36.0 Å². The van der Waals surface area contributed by atoms with Crippen molar-refractivity contribution in [3.8, 4) is 0 Å². The molecule has 0 saturated carbocycles. The molecule has 1 fully saturated rings. The maximum absolute atomic E-state index is 12.3. The minimum atomic E-state index is 0.127. The van der Waals surface area contributed by atoms with Crippen molar-refractivity contribution in [2.24, 2.45) is 0 Å². The van der Waals surface area contributed by atoms with Gasteiger partial charge >= 0.3 is 0 Å². The highest BCUT2D eigenvalue weighted by Crippen LogP contribution is 2.28. The predicted molar refractivity (Wildman–Crippen MR) is 88.1 cm³/mol. The molecule has 22 heavy (non-hydrogen) atoms. The van der Waals surface area contributed by atoms with Gasteiger partial charge in [-0.25, -0.2) is 4.98 Å². The number of morpholine rings is 1.